The fourth-order valence-corrected chi connectivity index (χ4v) is 3.12. The molecule has 0 amide bonds. The highest BCUT2D eigenvalue weighted by molar-refractivity contribution is 7.89. The molecule has 0 fully saturated rings. The summed E-state index contributed by atoms with van der Waals surface area (Å²) in [5.41, 5.74) is -0.993. The summed E-state index contributed by atoms with van der Waals surface area (Å²) < 4.78 is 38.3. The van der Waals surface area contributed by atoms with Crippen molar-refractivity contribution in [2.75, 3.05) is 7.05 Å². The van der Waals surface area contributed by atoms with E-state index in [1.165, 1.54) is 6.92 Å². The fraction of sp³-hybridized carbons (Fsp3) is 0.364. The van der Waals surface area contributed by atoms with E-state index in [0.717, 1.165) is 13.1 Å². The molecule has 116 valence electrons. The van der Waals surface area contributed by atoms with Gasteiger partial charge in [-0.2, -0.15) is 8.70 Å². The first kappa shape index (κ1) is 17.0. The quantitative estimate of drug-likeness (QED) is 0.622. The Bertz CT molecular complexity index is 675. The maximum absolute atomic E-state index is 13.2. The van der Waals surface area contributed by atoms with Crippen molar-refractivity contribution in [1.82, 2.24) is 4.31 Å². The molecule has 0 aliphatic rings. The standard InChI is InChI=1S/C11H13FN2O6S/c1-3-9(11(15)16)13(2)21(19,20)7-4-5-8(12)10(6-7)14(17)18/h4-6,9H,3H2,1-2H3,(H,15,16). The minimum absolute atomic E-state index is 0.00828. The normalized spacial score (nSPS) is 13.1. The van der Waals surface area contributed by atoms with E-state index in [1.807, 2.05) is 0 Å². The number of nitro groups is 1. The summed E-state index contributed by atoms with van der Waals surface area (Å²) in [6.45, 7) is 1.48. The second kappa shape index (κ2) is 6.14. The molecule has 1 atom stereocenters. The zero-order chi connectivity index (χ0) is 16.4. The molecule has 1 aromatic rings. The lowest BCUT2D eigenvalue weighted by molar-refractivity contribution is -0.387. The van der Waals surface area contributed by atoms with Gasteiger partial charge in [-0.05, 0) is 18.6 Å². The van der Waals surface area contributed by atoms with Gasteiger partial charge in [-0.25, -0.2) is 8.42 Å². The topological polar surface area (TPSA) is 118 Å². The monoisotopic (exact) mass is 320 g/mol. The number of hydrogen-bond donors (Lipinski definition) is 1. The Balaban J connectivity index is 3.34. The lowest BCUT2D eigenvalue weighted by Gasteiger charge is -2.23. The van der Waals surface area contributed by atoms with Gasteiger partial charge in [-0.3, -0.25) is 14.9 Å². The molecule has 8 nitrogen and oxygen atoms in total. The SMILES string of the molecule is CCC(C(=O)O)N(C)S(=O)(=O)c1ccc(F)c([N+](=O)[O-])c1. The van der Waals surface area contributed by atoms with Crippen LogP contribution in [-0.4, -0.2) is 41.8 Å². The van der Waals surface area contributed by atoms with E-state index >= 15 is 0 Å². The molecule has 0 bridgehead atoms. The van der Waals surface area contributed by atoms with E-state index in [2.05, 4.69) is 0 Å². The number of sulfonamides is 1. The molecule has 0 aromatic heterocycles. The Hall–Kier alpha value is -2.07. The van der Waals surface area contributed by atoms with Crippen LogP contribution >= 0.6 is 0 Å². The third-order valence-electron chi connectivity index (χ3n) is 2.90. The molecule has 1 unspecified atom stereocenters. The second-order valence-electron chi connectivity index (χ2n) is 4.15. The van der Waals surface area contributed by atoms with Gasteiger partial charge >= 0.3 is 11.7 Å². The summed E-state index contributed by atoms with van der Waals surface area (Å²) in [5, 5.41) is 19.6. The number of halogens is 1. The van der Waals surface area contributed by atoms with E-state index in [4.69, 9.17) is 5.11 Å². The summed E-state index contributed by atoms with van der Waals surface area (Å²) in [6.07, 6.45) is 0.00828. The van der Waals surface area contributed by atoms with Gasteiger partial charge < -0.3 is 5.11 Å². The first-order chi connectivity index (χ1) is 9.62. The van der Waals surface area contributed by atoms with Crippen LogP contribution in [0.5, 0.6) is 0 Å². The highest BCUT2D eigenvalue weighted by Gasteiger charge is 2.32. The average molecular weight is 320 g/mol. The summed E-state index contributed by atoms with van der Waals surface area (Å²) in [5.74, 6) is -2.52. The number of likely N-dealkylation sites (N-methyl/N-ethyl adjacent to an activating group) is 1. The van der Waals surface area contributed by atoms with Crippen molar-refractivity contribution >= 4 is 21.7 Å². The minimum Gasteiger partial charge on any atom is -0.480 e. The third kappa shape index (κ3) is 3.34. The van der Waals surface area contributed by atoms with Crippen LogP contribution in [0.2, 0.25) is 0 Å². The third-order valence-corrected chi connectivity index (χ3v) is 4.76. The molecule has 0 spiro atoms. The maximum atomic E-state index is 13.2. The van der Waals surface area contributed by atoms with Crippen LogP contribution in [0.3, 0.4) is 0 Å². The van der Waals surface area contributed by atoms with Gasteiger partial charge in [0.25, 0.3) is 0 Å². The predicted octanol–water partition coefficient (Wildman–Crippen LogP) is 1.22. The molecular weight excluding hydrogens is 307 g/mol. The van der Waals surface area contributed by atoms with Crippen molar-refractivity contribution in [2.45, 2.75) is 24.3 Å². The highest BCUT2D eigenvalue weighted by atomic mass is 32.2. The van der Waals surface area contributed by atoms with Crippen molar-refractivity contribution in [3.05, 3.63) is 34.1 Å². The number of nitro benzene ring substituents is 1. The number of nitrogens with zero attached hydrogens (tertiary/aromatic N) is 2. The van der Waals surface area contributed by atoms with E-state index in [1.54, 1.807) is 0 Å². The van der Waals surface area contributed by atoms with E-state index in [9.17, 15) is 27.7 Å². The molecule has 0 radical (unpaired) electrons. The fourth-order valence-electron chi connectivity index (χ4n) is 1.71. The molecule has 0 aliphatic carbocycles. The van der Waals surface area contributed by atoms with Crippen molar-refractivity contribution < 1.29 is 27.6 Å². The van der Waals surface area contributed by atoms with Gasteiger partial charge in [0.05, 0.1) is 9.82 Å². The maximum Gasteiger partial charge on any atom is 0.321 e. The second-order valence-corrected chi connectivity index (χ2v) is 6.15. The number of hydrogen-bond acceptors (Lipinski definition) is 5. The van der Waals surface area contributed by atoms with Gasteiger partial charge in [0, 0.05) is 13.1 Å². The van der Waals surface area contributed by atoms with Crippen LogP contribution in [0.4, 0.5) is 10.1 Å². The van der Waals surface area contributed by atoms with Crippen LogP contribution in [0.25, 0.3) is 0 Å². The van der Waals surface area contributed by atoms with Crippen LogP contribution in [-0.2, 0) is 14.8 Å². The molecule has 1 rings (SSSR count). The number of carboxylic acid groups (broad SMARTS) is 1. The summed E-state index contributed by atoms with van der Waals surface area (Å²) in [4.78, 5) is 20.0. The van der Waals surface area contributed by atoms with Crippen LogP contribution in [0.1, 0.15) is 13.3 Å². The largest absolute Gasteiger partial charge is 0.480 e. The van der Waals surface area contributed by atoms with Gasteiger partial charge in [0.1, 0.15) is 6.04 Å². The summed E-state index contributed by atoms with van der Waals surface area (Å²) in [7, 11) is -3.24. The Labute approximate surface area is 120 Å². The molecule has 0 aliphatic heterocycles. The lowest BCUT2D eigenvalue weighted by atomic mass is 10.2. The zero-order valence-electron chi connectivity index (χ0n) is 11.2. The Morgan fingerprint density at radius 3 is 2.52 bits per heavy atom. The van der Waals surface area contributed by atoms with Gasteiger partial charge in [0.15, 0.2) is 0 Å². The molecule has 0 saturated carbocycles. The predicted molar refractivity (Wildman–Crippen MR) is 69.7 cm³/mol. The molecule has 1 N–H and O–H groups in total. The average Bonchev–Trinajstić information content (AvgIpc) is 2.38. The van der Waals surface area contributed by atoms with Crippen molar-refractivity contribution in [1.29, 1.82) is 0 Å². The molecule has 21 heavy (non-hydrogen) atoms. The Morgan fingerprint density at radius 2 is 2.10 bits per heavy atom. The number of rotatable bonds is 6. The van der Waals surface area contributed by atoms with Gasteiger partial charge in [0.2, 0.25) is 15.8 Å². The van der Waals surface area contributed by atoms with Crippen molar-refractivity contribution in [3.63, 3.8) is 0 Å². The Morgan fingerprint density at radius 1 is 1.52 bits per heavy atom. The molecule has 0 heterocycles. The first-order valence-electron chi connectivity index (χ1n) is 5.77. The highest BCUT2D eigenvalue weighted by Crippen LogP contribution is 2.24. The summed E-state index contributed by atoms with van der Waals surface area (Å²) >= 11 is 0. The molecule has 1 aromatic carbocycles. The Kier molecular flexibility index (Phi) is 4.97. The number of benzene rings is 1. The van der Waals surface area contributed by atoms with Crippen molar-refractivity contribution in [2.24, 2.45) is 0 Å². The smallest absolute Gasteiger partial charge is 0.321 e. The number of aliphatic carboxylic acids is 1. The van der Waals surface area contributed by atoms with E-state index in [0.29, 0.717) is 16.4 Å². The summed E-state index contributed by atoms with van der Waals surface area (Å²) in [6, 6.07) is 0.748. The van der Waals surface area contributed by atoms with Gasteiger partial charge in [-0.15, -0.1) is 0 Å². The zero-order valence-corrected chi connectivity index (χ0v) is 12.0. The number of carboxylic acids is 1. The lowest BCUT2D eigenvalue weighted by Crippen LogP contribution is -2.41. The van der Waals surface area contributed by atoms with Crippen LogP contribution in [0, 0.1) is 15.9 Å². The van der Waals surface area contributed by atoms with Gasteiger partial charge in [-0.1, -0.05) is 6.92 Å². The van der Waals surface area contributed by atoms with E-state index < -0.39 is 43.4 Å². The van der Waals surface area contributed by atoms with Crippen LogP contribution in [0.15, 0.2) is 23.1 Å². The van der Waals surface area contributed by atoms with E-state index in [-0.39, 0.29) is 6.42 Å². The molecular formula is C11H13FN2O6S. The minimum atomic E-state index is -4.29. The molecule has 10 heteroatoms. The molecule has 0 saturated heterocycles. The van der Waals surface area contributed by atoms with Crippen molar-refractivity contribution in [3.8, 4) is 0 Å². The number of carbonyl (C=O) groups is 1. The first-order valence-corrected chi connectivity index (χ1v) is 7.21. The van der Waals surface area contributed by atoms with Crippen LogP contribution < -0.4 is 0 Å².